The van der Waals surface area contributed by atoms with Crippen molar-refractivity contribution in [2.75, 3.05) is 18.6 Å². The van der Waals surface area contributed by atoms with E-state index in [2.05, 4.69) is 5.32 Å². The Labute approximate surface area is 106 Å². The van der Waals surface area contributed by atoms with Crippen LogP contribution in [0.3, 0.4) is 0 Å². The van der Waals surface area contributed by atoms with Gasteiger partial charge in [0.1, 0.15) is 6.04 Å². The minimum Gasteiger partial charge on any atom is -0.481 e. The van der Waals surface area contributed by atoms with Crippen LogP contribution in [-0.2, 0) is 20.4 Å². The minimum atomic E-state index is -1.47. The number of rotatable bonds is 8. The lowest BCUT2D eigenvalue weighted by molar-refractivity contribution is -0.145. The van der Waals surface area contributed by atoms with Crippen LogP contribution in [-0.4, -0.2) is 57.0 Å². The zero-order valence-electron chi connectivity index (χ0n) is 9.84. The average molecular weight is 280 g/mol. The summed E-state index contributed by atoms with van der Waals surface area (Å²) in [6.45, 7) is 0.241. The highest BCUT2D eigenvalue weighted by Gasteiger charge is 2.22. The topological polar surface area (TPSA) is 133 Å². The zero-order chi connectivity index (χ0) is 14.1. The molecule has 0 aliphatic carbocycles. The van der Waals surface area contributed by atoms with E-state index in [9.17, 15) is 18.6 Å². The van der Waals surface area contributed by atoms with E-state index < -0.39 is 41.2 Å². The molecule has 0 saturated carbocycles. The summed E-state index contributed by atoms with van der Waals surface area (Å²) in [5, 5.41) is 21.5. The standard InChI is InChI=1S/C9H16N2O6S/c1-18(17)4-2-3-10-9(16)11-6(8(14)15)5-7(12)13/h6H,2-5H2,1H3,(H,12,13)(H,14,15)(H2,10,11,16)/t6-,18?/m0/s1. The van der Waals surface area contributed by atoms with Crippen molar-refractivity contribution in [1.82, 2.24) is 10.6 Å². The van der Waals surface area contributed by atoms with Crippen molar-refractivity contribution in [2.45, 2.75) is 18.9 Å². The summed E-state index contributed by atoms with van der Waals surface area (Å²) in [6.07, 6.45) is 1.34. The molecular formula is C9H16N2O6S. The first kappa shape index (κ1) is 16.4. The number of carboxylic acids is 2. The van der Waals surface area contributed by atoms with Gasteiger partial charge in [-0.05, 0) is 6.42 Å². The molecule has 2 amide bonds. The second kappa shape index (κ2) is 8.45. The van der Waals surface area contributed by atoms with Crippen LogP contribution < -0.4 is 10.6 Å². The van der Waals surface area contributed by atoms with Crippen molar-refractivity contribution < 1.29 is 28.8 Å². The summed E-state index contributed by atoms with van der Waals surface area (Å²) in [7, 11) is -0.950. The summed E-state index contributed by atoms with van der Waals surface area (Å²) in [6, 6.07) is -2.23. The number of amides is 2. The molecule has 9 heteroatoms. The lowest BCUT2D eigenvalue weighted by atomic mass is 10.2. The van der Waals surface area contributed by atoms with E-state index in [0.29, 0.717) is 12.2 Å². The largest absolute Gasteiger partial charge is 0.481 e. The molecule has 18 heavy (non-hydrogen) atoms. The van der Waals surface area contributed by atoms with Gasteiger partial charge in [-0.3, -0.25) is 9.00 Å². The van der Waals surface area contributed by atoms with Gasteiger partial charge in [0.05, 0.1) is 6.42 Å². The number of hydrogen-bond acceptors (Lipinski definition) is 4. The number of nitrogens with one attached hydrogen (secondary N) is 2. The van der Waals surface area contributed by atoms with E-state index in [4.69, 9.17) is 10.2 Å². The highest BCUT2D eigenvalue weighted by Crippen LogP contribution is 1.92. The van der Waals surface area contributed by atoms with Crippen LogP contribution in [0.25, 0.3) is 0 Å². The lowest BCUT2D eigenvalue weighted by Crippen LogP contribution is -2.47. The third-order valence-electron chi connectivity index (χ3n) is 1.88. The fraction of sp³-hybridized carbons (Fsp3) is 0.667. The molecule has 0 aromatic rings. The smallest absolute Gasteiger partial charge is 0.326 e. The number of urea groups is 1. The Morgan fingerprint density at radius 2 is 1.89 bits per heavy atom. The van der Waals surface area contributed by atoms with Crippen LogP contribution in [0.15, 0.2) is 0 Å². The highest BCUT2D eigenvalue weighted by atomic mass is 32.2. The van der Waals surface area contributed by atoms with Crippen LogP contribution >= 0.6 is 0 Å². The number of carbonyl (C=O) groups excluding carboxylic acids is 1. The number of hydrogen-bond donors (Lipinski definition) is 4. The highest BCUT2D eigenvalue weighted by molar-refractivity contribution is 7.84. The van der Waals surface area contributed by atoms with Gasteiger partial charge in [-0.1, -0.05) is 0 Å². The van der Waals surface area contributed by atoms with Gasteiger partial charge in [0.15, 0.2) is 0 Å². The number of carbonyl (C=O) groups is 3. The third kappa shape index (κ3) is 8.50. The lowest BCUT2D eigenvalue weighted by Gasteiger charge is -2.13. The molecule has 104 valence electrons. The van der Waals surface area contributed by atoms with Crippen LogP contribution in [0.2, 0.25) is 0 Å². The van der Waals surface area contributed by atoms with Crippen molar-refractivity contribution in [3.05, 3.63) is 0 Å². The van der Waals surface area contributed by atoms with E-state index in [0.717, 1.165) is 0 Å². The summed E-state index contributed by atoms with van der Waals surface area (Å²) >= 11 is 0. The van der Waals surface area contributed by atoms with Gasteiger partial charge in [-0.15, -0.1) is 0 Å². The second-order valence-electron chi connectivity index (χ2n) is 3.52. The Kier molecular flexibility index (Phi) is 7.68. The van der Waals surface area contributed by atoms with Crippen molar-refractivity contribution in [3.8, 4) is 0 Å². The zero-order valence-corrected chi connectivity index (χ0v) is 10.7. The second-order valence-corrected chi connectivity index (χ2v) is 5.07. The molecule has 0 rings (SSSR count). The molecule has 0 heterocycles. The summed E-state index contributed by atoms with van der Waals surface area (Å²) in [5.74, 6) is -2.30. The average Bonchev–Trinajstić information content (AvgIpc) is 2.22. The molecule has 0 fully saturated rings. The van der Waals surface area contributed by atoms with Gasteiger partial charge in [0, 0.05) is 29.4 Å². The molecular weight excluding hydrogens is 264 g/mol. The fourth-order valence-electron chi connectivity index (χ4n) is 1.06. The van der Waals surface area contributed by atoms with Crippen LogP contribution in [0.5, 0.6) is 0 Å². The van der Waals surface area contributed by atoms with E-state index in [-0.39, 0.29) is 6.54 Å². The van der Waals surface area contributed by atoms with Gasteiger partial charge in [0.25, 0.3) is 0 Å². The van der Waals surface area contributed by atoms with Crippen LogP contribution in [0, 0.1) is 0 Å². The normalized spacial score (nSPS) is 13.4. The SMILES string of the molecule is CS(=O)CCCNC(=O)N[C@@H](CC(=O)O)C(=O)O. The van der Waals surface area contributed by atoms with E-state index in [1.54, 1.807) is 0 Å². The van der Waals surface area contributed by atoms with Gasteiger partial charge < -0.3 is 20.8 Å². The molecule has 0 aromatic carbocycles. The maximum Gasteiger partial charge on any atom is 0.326 e. The van der Waals surface area contributed by atoms with Crippen molar-refractivity contribution >= 4 is 28.8 Å². The predicted octanol–water partition coefficient (Wildman–Crippen LogP) is -1.02. The number of aliphatic carboxylic acids is 2. The molecule has 0 spiro atoms. The van der Waals surface area contributed by atoms with Crippen molar-refractivity contribution in [3.63, 3.8) is 0 Å². The van der Waals surface area contributed by atoms with E-state index >= 15 is 0 Å². The molecule has 0 aromatic heterocycles. The summed E-state index contributed by atoms with van der Waals surface area (Å²) < 4.78 is 10.7. The Morgan fingerprint density at radius 3 is 2.33 bits per heavy atom. The first-order valence-electron chi connectivity index (χ1n) is 5.12. The Morgan fingerprint density at radius 1 is 1.28 bits per heavy atom. The Bertz CT molecular complexity index is 346. The quantitative estimate of drug-likeness (QED) is 0.421. The monoisotopic (exact) mass is 280 g/mol. The van der Waals surface area contributed by atoms with Gasteiger partial charge in [-0.25, -0.2) is 9.59 Å². The molecule has 4 N–H and O–H groups in total. The van der Waals surface area contributed by atoms with Gasteiger partial charge >= 0.3 is 18.0 Å². The maximum atomic E-state index is 11.2. The maximum absolute atomic E-state index is 11.2. The van der Waals surface area contributed by atoms with Gasteiger partial charge in [-0.2, -0.15) is 0 Å². The van der Waals surface area contributed by atoms with Crippen molar-refractivity contribution in [2.24, 2.45) is 0 Å². The summed E-state index contributed by atoms with van der Waals surface area (Å²) in [5.41, 5.74) is 0. The van der Waals surface area contributed by atoms with Crippen LogP contribution in [0.4, 0.5) is 4.79 Å². The van der Waals surface area contributed by atoms with E-state index in [1.165, 1.54) is 6.26 Å². The molecule has 2 atom stereocenters. The first-order chi connectivity index (χ1) is 8.32. The third-order valence-corrected chi connectivity index (χ3v) is 2.74. The van der Waals surface area contributed by atoms with Gasteiger partial charge in [0.2, 0.25) is 0 Å². The summed E-state index contributed by atoms with van der Waals surface area (Å²) in [4.78, 5) is 32.2. The fourth-order valence-corrected chi connectivity index (χ4v) is 1.61. The molecule has 0 aliphatic rings. The van der Waals surface area contributed by atoms with Crippen molar-refractivity contribution in [1.29, 1.82) is 0 Å². The molecule has 0 radical (unpaired) electrons. The molecule has 0 aliphatic heterocycles. The molecule has 8 nitrogen and oxygen atoms in total. The first-order valence-corrected chi connectivity index (χ1v) is 6.84. The van der Waals surface area contributed by atoms with E-state index in [1.807, 2.05) is 5.32 Å². The Hall–Kier alpha value is -1.64. The molecule has 0 saturated heterocycles. The van der Waals surface area contributed by atoms with Crippen LogP contribution in [0.1, 0.15) is 12.8 Å². The Balaban J connectivity index is 3.99. The molecule has 1 unspecified atom stereocenters. The predicted molar refractivity (Wildman–Crippen MR) is 63.8 cm³/mol. The molecule has 0 bridgehead atoms. The number of carboxylic acid groups (broad SMARTS) is 2. The minimum absolute atomic E-state index is 0.241.